The van der Waals surface area contributed by atoms with E-state index in [1.807, 2.05) is 4.90 Å². The average Bonchev–Trinajstić information content (AvgIpc) is 3.33. The Morgan fingerprint density at radius 1 is 1.33 bits per heavy atom. The molecule has 2 aliphatic heterocycles. The number of carbonyl (C=O) groups is 2. The highest BCUT2D eigenvalue weighted by molar-refractivity contribution is 6.21. The summed E-state index contributed by atoms with van der Waals surface area (Å²) in [6.07, 6.45) is 1.98. The lowest BCUT2D eigenvalue weighted by atomic mass is 9.98. The number of amides is 1. The minimum absolute atomic E-state index is 0.214. The number of hydrogen-bond donors (Lipinski definition) is 2. The lowest BCUT2D eigenvalue weighted by Crippen LogP contribution is -2.39. The van der Waals surface area contributed by atoms with Gasteiger partial charge in [0.1, 0.15) is 11.6 Å². The summed E-state index contributed by atoms with van der Waals surface area (Å²) in [4.78, 5) is 29.6. The summed E-state index contributed by atoms with van der Waals surface area (Å²) >= 11 is 0. The van der Waals surface area contributed by atoms with Crippen molar-refractivity contribution in [1.82, 2.24) is 15.3 Å². The molecule has 1 aromatic heterocycles. The maximum atomic E-state index is 13.8. The highest BCUT2D eigenvalue weighted by Crippen LogP contribution is 2.34. The van der Waals surface area contributed by atoms with Crippen molar-refractivity contribution in [2.75, 3.05) is 13.1 Å². The van der Waals surface area contributed by atoms with Crippen LogP contribution >= 0.6 is 0 Å². The van der Waals surface area contributed by atoms with Crippen molar-refractivity contribution in [3.63, 3.8) is 0 Å². The van der Waals surface area contributed by atoms with Gasteiger partial charge in [0.25, 0.3) is 5.91 Å². The Labute approximate surface area is 136 Å². The number of hydrogen-bond acceptors (Lipinski definition) is 4. The summed E-state index contributed by atoms with van der Waals surface area (Å²) in [6.45, 7) is 1.44. The van der Waals surface area contributed by atoms with E-state index in [1.54, 1.807) is 0 Å². The molecule has 6 nitrogen and oxygen atoms in total. The molecule has 5 rings (SSSR count). The number of H-pyrrole nitrogens is 1. The first kappa shape index (κ1) is 13.9. The molecule has 0 atom stereocenters. The van der Waals surface area contributed by atoms with Gasteiger partial charge >= 0.3 is 0 Å². The van der Waals surface area contributed by atoms with Gasteiger partial charge in [0.2, 0.25) is 0 Å². The van der Waals surface area contributed by atoms with Crippen LogP contribution in [0.2, 0.25) is 0 Å². The minimum atomic E-state index is -0.463. The molecular weight excluding hydrogens is 311 g/mol. The van der Waals surface area contributed by atoms with E-state index in [0.29, 0.717) is 41.8 Å². The smallest absolute Gasteiger partial charge is 0.272 e. The minimum Gasteiger partial charge on any atom is -0.357 e. The number of rotatable bonds is 3. The summed E-state index contributed by atoms with van der Waals surface area (Å²) in [5, 5.41) is 4.93. The molecule has 3 heterocycles. The fraction of sp³-hybridized carbons (Fsp3) is 0.353. The zero-order valence-corrected chi connectivity index (χ0v) is 12.9. The first-order valence-electron chi connectivity index (χ1n) is 8.06. The van der Waals surface area contributed by atoms with Gasteiger partial charge in [-0.25, -0.2) is 9.82 Å². The Morgan fingerprint density at radius 3 is 2.96 bits per heavy atom. The van der Waals surface area contributed by atoms with Crippen molar-refractivity contribution in [2.45, 2.75) is 19.4 Å². The standard InChI is InChI=1S/C17H15FN4O2/c18-9-3-10-15-11(4-9)19-12-5-22(7-14(23)8-1-2-8)6-13(16(12)15)20-21-17(10)24/h3-4,8,19H,1-2,5-7H2,(H,21,24). The van der Waals surface area contributed by atoms with Crippen molar-refractivity contribution < 1.29 is 14.0 Å². The number of halogens is 1. The molecule has 1 saturated carbocycles. The normalized spacial score (nSPS) is 19.9. The number of nitrogens with zero attached hydrogens (tertiary/aromatic N) is 2. The van der Waals surface area contributed by atoms with Gasteiger partial charge in [-0.3, -0.25) is 14.5 Å². The number of ketones is 1. The second kappa shape index (κ2) is 4.73. The Hall–Kier alpha value is -2.54. The van der Waals surface area contributed by atoms with Gasteiger partial charge in [0, 0.05) is 35.7 Å². The number of Topliss-reactive ketones (excluding diaryl/α,β-unsaturated/α-hetero) is 1. The van der Waals surface area contributed by atoms with E-state index < -0.39 is 11.7 Å². The van der Waals surface area contributed by atoms with E-state index in [1.165, 1.54) is 12.1 Å². The van der Waals surface area contributed by atoms with Gasteiger partial charge in [0.15, 0.2) is 0 Å². The molecule has 1 aliphatic carbocycles. The molecule has 2 aromatic rings. The Kier molecular flexibility index (Phi) is 2.73. The molecule has 0 radical (unpaired) electrons. The number of aromatic amines is 1. The largest absolute Gasteiger partial charge is 0.357 e. The maximum Gasteiger partial charge on any atom is 0.272 e. The first-order valence-corrected chi connectivity index (χ1v) is 8.06. The lowest BCUT2D eigenvalue weighted by molar-refractivity contribution is -0.121. The topological polar surface area (TPSA) is 77.6 Å². The maximum absolute atomic E-state index is 13.8. The SMILES string of the molecule is O=C1NN=C2CN(CC(=O)C3CC3)Cc3[nH]c4cc(F)cc1c4c32. The van der Waals surface area contributed by atoms with Crippen molar-refractivity contribution in [3.8, 4) is 0 Å². The second-order valence-electron chi connectivity index (χ2n) is 6.74. The average molecular weight is 326 g/mol. The monoisotopic (exact) mass is 326 g/mol. The molecule has 1 fully saturated rings. The van der Waals surface area contributed by atoms with Gasteiger partial charge in [0.05, 0.1) is 23.3 Å². The summed E-state index contributed by atoms with van der Waals surface area (Å²) in [6, 6.07) is 2.64. The molecule has 3 aliphatic rings. The predicted molar refractivity (Wildman–Crippen MR) is 85.3 cm³/mol. The molecule has 1 aromatic carbocycles. The van der Waals surface area contributed by atoms with E-state index >= 15 is 0 Å². The highest BCUT2D eigenvalue weighted by Gasteiger charge is 2.34. The van der Waals surface area contributed by atoms with Crippen molar-refractivity contribution in [2.24, 2.45) is 11.0 Å². The molecule has 2 N–H and O–H groups in total. The third kappa shape index (κ3) is 2.01. The Morgan fingerprint density at radius 2 is 2.17 bits per heavy atom. The first-order chi connectivity index (χ1) is 11.6. The molecule has 0 spiro atoms. The predicted octanol–water partition coefficient (Wildman–Crippen LogP) is 1.55. The van der Waals surface area contributed by atoms with Crippen LogP contribution in [0.5, 0.6) is 0 Å². The molecule has 122 valence electrons. The molecular formula is C17H15FN4O2. The number of hydrazone groups is 1. The molecule has 24 heavy (non-hydrogen) atoms. The van der Waals surface area contributed by atoms with Crippen molar-refractivity contribution in [1.29, 1.82) is 0 Å². The molecule has 1 amide bonds. The fourth-order valence-corrected chi connectivity index (χ4v) is 3.67. The van der Waals surface area contributed by atoms with E-state index in [0.717, 1.165) is 24.1 Å². The second-order valence-corrected chi connectivity index (χ2v) is 6.74. The fourth-order valence-electron chi connectivity index (χ4n) is 3.67. The molecule has 0 saturated heterocycles. The summed E-state index contributed by atoms with van der Waals surface area (Å²) in [5.74, 6) is -0.399. The van der Waals surface area contributed by atoms with Crippen molar-refractivity contribution >= 4 is 28.3 Å². The number of nitrogens with one attached hydrogen (secondary N) is 2. The van der Waals surface area contributed by atoms with Crippen LogP contribution in [-0.4, -0.2) is 40.4 Å². The van der Waals surface area contributed by atoms with E-state index in [4.69, 9.17) is 0 Å². The summed E-state index contributed by atoms with van der Waals surface area (Å²) in [5.41, 5.74) is 5.84. The summed E-state index contributed by atoms with van der Waals surface area (Å²) in [7, 11) is 0. The van der Waals surface area contributed by atoms with Crippen LogP contribution in [-0.2, 0) is 11.3 Å². The Bertz CT molecular complexity index is 942. The Balaban J connectivity index is 1.62. The third-order valence-corrected chi connectivity index (χ3v) is 4.93. The van der Waals surface area contributed by atoms with Crippen LogP contribution in [0, 0.1) is 11.7 Å². The number of benzene rings is 1. The number of carbonyl (C=O) groups excluding carboxylic acids is 2. The summed E-state index contributed by atoms with van der Waals surface area (Å²) < 4.78 is 13.8. The zero-order chi connectivity index (χ0) is 16.4. The van der Waals surface area contributed by atoms with Crippen LogP contribution in [0.1, 0.15) is 34.5 Å². The van der Waals surface area contributed by atoms with Crippen LogP contribution in [0.15, 0.2) is 17.2 Å². The van der Waals surface area contributed by atoms with Crippen LogP contribution in [0.4, 0.5) is 4.39 Å². The van der Waals surface area contributed by atoms with Crippen molar-refractivity contribution in [3.05, 3.63) is 34.8 Å². The number of aromatic nitrogens is 1. The molecule has 0 bridgehead atoms. The van der Waals surface area contributed by atoms with Gasteiger partial charge < -0.3 is 4.98 Å². The van der Waals surface area contributed by atoms with Crippen LogP contribution in [0.25, 0.3) is 10.9 Å². The quantitative estimate of drug-likeness (QED) is 0.898. The van der Waals surface area contributed by atoms with Gasteiger partial charge in [-0.2, -0.15) is 5.10 Å². The molecule has 0 unspecified atom stereocenters. The lowest BCUT2D eigenvalue weighted by Gasteiger charge is -2.27. The van der Waals surface area contributed by atoms with E-state index in [9.17, 15) is 14.0 Å². The van der Waals surface area contributed by atoms with Gasteiger partial charge in [-0.15, -0.1) is 0 Å². The van der Waals surface area contributed by atoms with Crippen LogP contribution in [0.3, 0.4) is 0 Å². The van der Waals surface area contributed by atoms with Crippen LogP contribution < -0.4 is 5.43 Å². The molecule has 7 heteroatoms. The third-order valence-electron chi connectivity index (χ3n) is 4.93. The van der Waals surface area contributed by atoms with Gasteiger partial charge in [-0.1, -0.05) is 0 Å². The van der Waals surface area contributed by atoms with E-state index in [-0.39, 0.29) is 11.7 Å². The highest BCUT2D eigenvalue weighted by atomic mass is 19.1. The zero-order valence-electron chi connectivity index (χ0n) is 12.9. The van der Waals surface area contributed by atoms with E-state index in [2.05, 4.69) is 15.5 Å². The van der Waals surface area contributed by atoms with Gasteiger partial charge in [-0.05, 0) is 25.0 Å².